The molecule has 1 aromatic heterocycles. The minimum atomic E-state index is 0.268. The van der Waals surface area contributed by atoms with Crippen molar-refractivity contribution in [1.82, 2.24) is 9.47 Å². The van der Waals surface area contributed by atoms with Gasteiger partial charge in [-0.15, -0.1) is 11.8 Å². The number of nitrogens with zero attached hydrogens (tertiary/aromatic N) is 2. The Hall–Kier alpha value is -1.72. The fraction of sp³-hybridized carbons (Fsp3) is 0.318. The van der Waals surface area contributed by atoms with Crippen molar-refractivity contribution >= 4 is 44.5 Å². The first-order valence-electron chi connectivity index (χ1n) is 9.43. The first-order valence-corrected chi connectivity index (χ1v) is 11.2. The molecule has 0 bridgehead atoms. The number of hydrogen-bond donors (Lipinski definition) is 0. The Morgan fingerprint density at radius 2 is 1.74 bits per heavy atom. The van der Waals surface area contributed by atoms with E-state index in [1.54, 1.807) is 11.8 Å². The molecule has 27 heavy (non-hydrogen) atoms. The van der Waals surface area contributed by atoms with E-state index in [-0.39, 0.29) is 5.91 Å². The topological polar surface area (TPSA) is 25.2 Å². The summed E-state index contributed by atoms with van der Waals surface area (Å²) in [7, 11) is 0. The van der Waals surface area contributed by atoms with Gasteiger partial charge in [-0.1, -0.05) is 46.3 Å². The van der Waals surface area contributed by atoms with Crippen LogP contribution in [0.15, 0.2) is 64.1 Å². The third-order valence-corrected chi connectivity index (χ3v) is 6.63. The standard InChI is InChI=1S/C22H23BrN2OS/c23-18-10-8-17(9-11-18)14-25-15-21(19-6-2-3-7-20(19)25)27-16-22(26)24-12-4-1-5-13-24/h2-3,6-11,15H,1,4-5,12-14,16H2. The molecule has 0 radical (unpaired) electrons. The smallest absolute Gasteiger partial charge is 0.232 e. The minimum Gasteiger partial charge on any atom is -0.342 e. The molecule has 2 heterocycles. The fourth-order valence-corrected chi connectivity index (χ4v) is 4.88. The van der Waals surface area contributed by atoms with Crippen LogP contribution < -0.4 is 0 Å². The lowest BCUT2D eigenvalue weighted by Crippen LogP contribution is -2.36. The van der Waals surface area contributed by atoms with Gasteiger partial charge in [-0.2, -0.15) is 0 Å². The molecule has 2 aromatic carbocycles. The summed E-state index contributed by atoms with van der Waals surface area (Å²) in [6.07, 6.45) is 5.73. The fourth-order valence-electron chi connectivity index (χ4n) is 3.62. The van der Waals surface area contributed by atoms with Gasteiger partial charge in [-0.05, 0) is 43.0 Å². The molecule has 1 aliphatic heterocycles. The molecular weight excluding hydrogens is 420 g/mol. The van der Waals surface area contributed by atoms with E-state index in [9.17, 15) is 4.79 Å². The van der Waals surface area contributed by atoms with Crippen LogP contribution in [0.2, 0.25) is 0 Å². The number of piperidine rings is 1. The van der Waals surface area contributed by atoms with E-state index < -0.39 is 0 Å². The number of benzene rings is 2. The van der Waals surface area contributed by atoms with Gasteiger partial charge in [0.15, 0.2) is 0 Å². The molecular formula is C22H23BrN2OS. The summed E-state index contributed by atoms with van der Waals surface area (Å²) in [5.41, 5.74) is 2.48. The lowest BCUT2D eigenvalue weighted by Gasteiger charge is -2.26. The van der Waals surface area contributed by atoms with E-state index >= 15 is 0 Å². The van der Waals surface area contributed by atoms with Gasteiger partial charge in [-0.25, -0.2) is 0 Å². The van der Waals surface area contributed by atoms with Crippen molar-refractivity contribution in [3.8, 4) is 0 Å². The summed E-state index contributed by atoms with van der Waals surface area (Å²) >= 11 is 5.16. The van der Waals surface area contributed by atoms with E-state index in [2.05, 4.69) is 75.2 Å². The number of amides is 1. The molecule has 0 spiro atoms. The van der Waals surface area contributed by atoms with Crippen LogP contribution in [-0.4, -0.2) is 34.2 Å². The number of para-hydroxylation sites is 1. The van der Waals surface area contributed by atoms with Crippen molar-refractivity contribution in [3.05, 3.63) is 64.8 Å². The second-order valence-electron chi connectivity index (χ2n) is 6.99. The normalized spacial score (nSPS) is 14.6. The van der Waals surface area contributed by atoms with Gasteiger partial charge in [-0.3, -0.25) is 4.79 Å². The van der Waals surface area contributed by atoms with Gasteiger partial charge < -0.3 is 9.47 Å². The lowest BCUT2D eigenvalue weighted by atomic mass is 10.1. The van der Waals surface area contributed by atoms with Crippen molar-refractivity contribution in [2.24, 2.45) is 0 Å². The molecule has 1 saturated heterocycles. The van der Waals surface area contributed by atoms with Crippen LogP contribution in [0.4, 0.5) is 0 Å². The summed E-state index contributed by atoms with van der Waals surface area (Å²) in [4.78, 5) is 15.7. The number of carbonyl (C=O) groups is 1. The molecule has 0 atom stereocenters. The van der Waals surface area contributed by atoms with E-state index in [0.717, 1.165) is 36.9 Å². The summed E-state index contributed by atoms with van der Waals surface area (Å²) in [6, 6.07) is 16.9. The van der Waals surface area contributed by atoms with Crippen LogP contribution in [0.3, 0.4) is 0 Å². The zero-order valence-electron chi connectivity index (χ0n) is 15.2. The van der Waals surface area contributed by atoms with Crippen molar-refractivity contribution in [1.29, 1.82) is 0 Å². The summed E-state index contributed by atoms with van der Waals surface area (Å²) in [5.74, 6) is 0.788. The summed E-state index contributed by atoms with van der Waals surface area (Å²) in [5, 5.41) is 1.23. The Bertz CT molecular complexity index is 929. The molecule has 3 nitrogen and oxygen atoms in total. The number of fused-ring (bicyclic) bond motifs is 1. The number of hydrogen-bond acceptors (Lipinski definition) is 2. The first kappa shape index (κ1) is 18.6. The van der Waals surface area contributed by atoms with Crippen molar-refractivity contribution < 1.29 is 4.79 Å². The van der Waals surface area contributed by atoms with Crippen LogP contribution in [0.25, 0.3) is 10.9 Å². The average Bonchev–Trinajstić information content (AvgIpc) is 3.06. The maximum atomic E-state index is 12.5. The number of likely N-dealkylation sites (tertiary alicyclic amines) is 1. The highest BCUT2D eigenvalue weighted by Crippen LogP contribution is 2.31. The lowest BCUT2D eigenvalue weighted by molar-refractivity contribution is -0.129. The highest BCUT2D eigenvalue weighted by molar-refractivity contribution is 9.10. The highest BCUT2D eigenvalue weighted by Gasteiger charge is 2.17. The van der Waals surface area contributed by atoms with E-state index in [4.69, 9.17) is 0 Å². The Morgan fingerprint density at radius 1 is 1.00 bits per heavy atom. The number of halogens is 1. The van der Waals surface area contributed by atoms with Crippen LogP contribution in [0.1, 0.15) is 24.8 Å². The van der Waals surface area contributed by atoms with E-state index in [1.165, 1.54) is 27.8 Å². The molecule has 1 fully saturated rings. The molecule has 0 aliphatic carbocycles. The molecule has 5 heteroatoms. The number of rotatable bonds is 5. The first-order chi connectivity index (χ1) is 13.2. The maximum Gasteiger partial charge on any atom is 0.232 e. The zero-order chi connectivity index (χ0) is 18.6. The van der Waals surface area contributed by atoms with E-state index in [1.807, 2.05) is 4.90 Å². The van der Waals surface area contributed by atoms with Crippen LogP contribution >= 0.6 is 27.7 Å². The van der Waals surface area contributed by atoms with Gasteiger partial charge in [0.2, 0.25) is 5.91 Å². The summed E-state index contributed by atoms with van der Waals surface area (Å²) < 4.78 is 3.38. The van der Waals surface area contributed by atoms with E-state index in [0.29, 0.717) is 5.75 Å². The minimum absolute atomic E-state index is 0.268. The Balaban J connectivity index is 1.52. The average molecular weight is 443 g/mol. The third kappa shape index (κ3) is 4.41. The number of thioether (sulfide) groups is 1. The SMILES string of the molecule is O=C(CSc1cn(Cc2ccc(Br)cc2)c2ccccc12)N1CCCCC1. The monoisotopic (exact) mass is 442 g/mol. The molecule has 3 aromatic rings. The molecule has 140 valence electrons. The van der Waals surface area contributed by atoms with Crippen LogP contribution in [0, 0.1) is 0 Å². The largest absolute Gasteiger partial charge is 0.342 e. The summed E-state index contributed by atoms with van der Waals surface area (Å²) in [6.45, 7) is 2.67. The van der Waals surface area contributed by atoms with Gasteiger partial charge in [0, 0.05) is 46.1 Å². The van der Waals surface area contributed by atoms with Gasteiger partial charge in [0.1, 0.15) is 0 Å². The molecule has 1 amide bonds. The molecule has 0 saturated carbocycles. The molecule has 1 aliphatic rings. The molecule has 4 rings (SSSR count). The Kier molecular flexibility index (Phi) is 5.89. The van der Waals surface area contributed by atoms with Crippen molar-refractivity contribution in [2.75, 3.05) is 18.8 Å². The van der Waals surface area contributed by atoms with Gasteiger partial charge in [0.05, 0.1) is 5.75 Å². The van der Waals surface area contributed by atoms with Crippen molar-refractivity contribution in [2.45, 2.75) is 30.7 Å². The van der Waals surface area contributed by atoms with Gasteiger partial charge in [0.25, 0.3) is 0 Å². The second kappa shape index (κ2) is 8.53. The number of carbonyl (C=O) groups excluding carboxylic acids is 1. The van der Waals surface area contributed by atoms with Crippen molar-refractivity contribution in [3.63, 3.8) is 0 Å². The van der Waals surface area contributed by atoms with Crippen LogP contribution in [-0.2, 0) is 11.3 Å². The second-order valence-corrected chi connectivity index (χ2v) is 8.93. The quantitative estimate of drug-likeness (QED) is 0.483. The Morgan fingerprint density at radius 3 is 2.52 bits per heavy atom. The maximum absolute atomic E-state index is 12.5. The predicted octanol–water partition coefficient (Wildman–Crippen LogP) is 5.56. The Labute approximate surface area is 172 Å². The van der Waals surface area contributed by atoms with Crippen LogP contribution in [0.5, 0.6) is 0 Å². The highest BCUT2D eigenvalue weighted by atomic mass is 79.9. The zero-order valence-corrected chi connectivity index (χ0v) is 17.6. The van der Waals surface area contributed by atoms with Gasteiger partial charge >= 0.3 is 0 Å². The molecule has 0 unspecified atom stereocenters. The predicted molar refractivity (Wildman–Crippen MR) is 116 cm³/mol. The third-order valence-electron chi connectivity index (χ3n) is 5.08. The number of aromatic nitrogens is 1. The molecule has 0 N–H and O–H groups in total.